The maximum atomic E-state index is 10.5. The number of nitrogens with zero attached hydrogens (tertiary/aromatic N) is 1. The van der Waals surface area contributed by atoms with E-state index in [2.05, 4.69) is 18.8 Å². The van der Waals surface area contributed by atoms with Crippen molar-refractivity contribution >= 4 is 11.3 Å². The van der Waals surface area contributed by atoms with Crippen molar-refractivity contribution in [2.24, 2.45) is 5.73 Å². The molecule has 2 rings (SSSR count). The molecule has 0 aliphatic carbocycles. The highest BCUT2D eigenvalue weighted by molar-refractivity contribution is 7.12. The predicted octanol–water partition coefficient (Wildman–Crippen LogP) is 2.54. The number of pyridine rings is 1. The zero-order chi connectivity index (χ0) is 13.1. The molecule has 2 aromatic heterocycles. The summed E-state index contributed by atoms with van der Waals surface area (Å²) in [7, 11) is 0. The van der Waals surface area contributed by atoms with Gasteiger partial charge in [-0.25, -0.2) is 0 Å². The zero-order valence-electron chi connectivity index (χ0n) is 10.6. The van der Waals surface area contributed by atoms with Gasteiger partial charge in [-0.2, -0.15) is 0 Å². The Bertz CT molecular complexity index is 490. The average Bonchev–Trinajstić information content (AvgIpc) is 2.72. The van der Waals surface area contributed by atoms with Gasteiger partial charge in [0.2, 0.25) is 0 Å². The molecule has 0 aliphatic rings. The Morgan fingerprint density at radius 2 is 2.22 bits per heavy atom. The largest absolute Gasteiger partial charge is 0.387 e. The van der Waals surface area contributed by atoms with E-state index in [4.69, 9.17) is 5.73 Å². The van der Waals surface area contributed by atoms with E-state index in [1.165, 1.54) is 10.4 Å². The molecule has 2 aromatic rings. The van der Waals surface area contributed by atoms with Crippen molar-refractivity contribution in [2.45, 2.75) is 25.9 Å². The van der Waals surface area contributed by atoms with Gasteiger partial charge in [-0.3, -0.25) is 4.98 Å². The Morgan fingerprint density at radius 3 is 2.72 bits per heavy atom. The summed E-state index contributed by atoms with van der Waals surface area (Å²) in [6, 6.07) is 5.88. The standard InChI is InChI=1S/C14H18N2OS/c1-9-6-13(18-10(9)2)14(17)12(7-15)11-4-3-5-16-8-11/h3-6,8,12,14,17H,7,15H2,1-2H3. The van der Waals surface area contributed by atoms with Crippen molar-refractivity contribution in [2.75, 3.05) is 6.54 Å². The van der Waals surface area contributed by atoms with E-state index in [0.717, 1.165) is 10.4 Å². The topological polar surface area (TPSA) is 59.1 Å². The molecule has 0 aliphatic heterocycles. The SMILES string of the molecule is Cc1cc(C(O)C(CN)c2cccnc2)sc1C. The number of aliphatic hydroxyl groups is 1. The van der Waals surface area contributed by atoms with Crippen LogP contribution >= 0.6 is 11.3 Å². The molecule has 3 N–H and O–H groups in total. The molecule has 0 saturated carbocycles. The summed E-state index contributed by atoms with van der Waals surface area (Å²) in [6.07, 6.45) is 2.94. The Balaban J connectivity index is 2.28. The average molecular weight is 262 g/mol. The quantitative estimate of drug-likeness (QED) is 0.890. The fraction of sp³-hybridized carbons (Fsp3) is 0.357. The lowest BCUT2D eigenvalue weighted by molar-refractivity contribution is 0.151. The van der Waals surface area contributed by atoms with Crippen molar-refractivity contribution in [3.8, 4) is 0 Å². The molecule has 0 bridgehead atoms. The molecule has 18 heavy (non-hydrogen) atoms. The van der Waals surface area contributed by atoms with Gasteiger partial charge in [-0.05, 0) is 37.1 Å². The van der Waals surface area contributed by atoms with Gasteiger partial charge in [0.1, 0.15) is 0 Å². The molecule has 0 amide bonds. The van der Waals surface area contributed by atoms with Gasteiger partial charge in [-0.1, -0.05) is 6.07 Å². The summed E-state index contributed by atoms with van der Waals surface area (Å²) in [6.45, 7) is 4.53. The van der Waals surface area contributed by atoms with Crippen molar-refractivity contribution in [1.29, 1.82) is 0 Å². The van der Waals surface area contributed by atoms with Gasteiger partial charge in [0, 0.05) is 34.6 Å². The summed E-state index contributed by atoms with van der Waals surface area (Å²) in [5, 5.41) is 10.5. The molecule has 0 fully saturated rings. The summed E-state index contributed by atoms with van der Waals surface area (Å²) in [5.41, 5.74) is 8.01. The fourth-order valence-corrected chi connectivity index (χ4v) is 3.08. The molecule has 3 nitrogen and oxygen atoms in total. The number of aliphatic hydroxyl groups excluding tert-OH is 1. The molecule has 2 unspecified atom stereocenters. The number of hydrogen-bond donors (Lipinski definition) is 2. The first kappa shape index (κ1) is 13.2. The van der Waals surface area contributed by atoms with Crippen LogP contribution in [0.3, 0.4) is 0 Å². The van der Waals surface area contributed by atoms with E-state index in [-0.39, 0.29) is 5.92 Å². The highest BCUT2D eigenvalue weighted by Gasteiger charge is 2.23. The van der Waals surface area contributed by atoms with Crippen LogP contribution in [0.4, 0.5) is 0 Å². The Labute approximate surface area is 111 Å². The third-order valence-corrected chi connectivity index (χ3v) is 4.45. The van der Waals surface area contributed by atoms with Crippen LogP contribution in [-0.2, 0) is 0 Å². The van der Waals surface area contributed by atoms with E-state index >= 15 is 0 Å². The van der Waals surface area contributed by atoms with Crippen LogP contribution in [-0.4, -0.2) is 16.6 Å². The smallest absolute Gasteiger partial charge is 0.0963 e. The predicted molar refractivity (Wildman–Crippen MR) is 74.8 cm³/mol. The van der Waals surface area contributed by atoms with Crippen LogP contribution in [0, 0.1) is 13.8 Å². The van der Waals surface area contributed by atoms with Crippen LogP contribution in [0.15, 0.2) is 30.6 Å². The minimum absolute atomic E-state index is 0.101. The van der Waals surface area contributed by atoms with Crippen molar-refractivity contribution < 1.29 is 5.11 Å². The monoisotopic (exact) mass is 262 g/mol. The molecule has 96 valence electrons. The Hall–Kier alpha value is -1.23. The number of rotatable bonds is 4. The molecule has 2 atom stereocenters. The minimum atomic E-state index is -0.559. The summed E-state index contributed by atoms with van der Waals surface area (Å²) in [4.78, 5) is 6.31. The summed E-state index contributed by atoms with van der Waals surface area (Å²) in [5.74, 6) is -0.101. The highest BCUT2D eigenvalue weighted by atomic mass is 32.1. The van der Waals surface area contributed by atoms with Gasteiger partial charge in [0.05, 0.1) is 6.10 Å². The summed E-state index contributed by atoms with van der Waals surface area (Å²) < 4.78 is 0. The van der Waals surface area contributed by atoms with Gasteiger partial charge >= 0.3 is 0 Å². The van der Waals surface area contributed by atoms with Gasteiger partial charge in [0.15, 0.2) is 0 Å². The number of hydrogen-bond acceptors (Lipinski definition) is 4. The van der Waals surface area contributed by atoms with Gasteiger partial charge in [-0.15, -0.1) is 11.3 Å². The number of aromatic nitrogens is 1. The first-order valence-corrected chi connectivity index (χ1v) is 6.80. The number of thiophene rings is 1. The maximum absolute atomic E-state index is 10.5. The zero-order valence-corrected chi connectivity index (χ0v) is 11.4. The summed E-state index contributed by atoms with van der Waals surface area (Å²) >= 11 is 1.63. The lowest BCUT2D eigenvalue weighted by Crippen LogP contribution is -2.19. The first-order chi connectivity index (χ1) is 8.63. The van der Waals surface area contributed by atoms with Crippen molar-refractivity contribution in [1.82, 2.24) is 4.98 Å². The molecule has 0 radical (unpaired) electrons. The lowest BCUT2D eigenvalue weighted by atomic mass is 9.93. The molecule has 0 spiro atoms. The third-order valence-electron chi connectivity index (χ3n) is 3.22. The third kappa shape index (κ3) is 2.61. The minimum Gasteiger partial charge on any atom is -0.387 e. The maximum Gasteiger partial charge on any atom is 0.0963 e. The van der Waals surface area contributed by atoms with Crippen LogP contribution in [0.1, 0.15) is 32.9 Å². The van der Waals surface area contributed by atoms with E-state index in [1.54, 1.807) is 23.7 Å². The van der Waals surface area contributed by atoms with Crippen LogP contribution in [0.2, 0.25) is 0 Å². The molecule has 0 saturated heterocycles. The molecule has 4 heteroatoms. The van der Waals surface area contributed by atoms with E-state index in [1.807, 2.05) is 18.2 Å². The Kier molecular flexibility index (Phi) is 4.11. The second kappa shape index (κ2) is 5.61. The van der Waals surface area contributed by atoms with Crippen LogP contribution in [0.25, 0.3) is 0 Å². The fourth-order valence-electron chi connectivity index (χ4n) is 1.99. The van der Waals surface area contributed by atoms with Crippen LogP contribution in [0.5, 0.6) is 0 Å². The van der Waals surface area contributed by atoms with E-state index in [9.17, 15) is 5.11 Å². The van der Waals surface area contributed by atoms with E-state index < -0.39 is 6.10 Å². The Morgan fingerprint density at radius 1 is 1.44 bits per heavy atom. The second-order valence-corrected chi connectivity index (χ2v) is 5.75. The second-order valence-electron chi connectivity index (χ2n) is 4.46. The molecule has 0 aromatic carbocycles. The number of aryl methyl sites for hydroxylation is 2. The highest BCUT2D eigenvalue weighted by Crippen LogP contribution is 2.35. The molecular weight excluding hydrogens is 244 g/mol. The van der Waals surface area contributed by atoms with Gasteiger partial charge in [0.25, 0.3) is 0 Å². The first-order valence-electron chi connectivity index (χ1n) is 5.98. The van der Waals surface area contributed by atoms with E-state index in [0.29, 0.717) is 6.54 Å². The van der Waals surface area contributed by atoms with Crippen LogP contribution < -0.4 is 5.73 Å². The van der Waals surface area contributed by atoms with Crippen molar-refractivity contribution in [3.05, 3.63) is 51.5 Å². The molecular formula is C14H18N2OS. The lowest BCUT2D eigenvalue weighted by Gasteiger charge is -2.20. The van der Waals surface area contributed by atoms with Gasteiger partial charge < -0.3 is 10.8 Å². The van der Waals surface area contributed by atoms with Crippen molar-refractivity contribution in [3.63, 3.8) is 0 Å². The number of nitrogens with two attached hydrogens (primary N) is 1. The normalized spacial score (nSPS) is 14.4. The molecule has 2 heterocycles.